The fraction of sp³-hybridized carbons (Fsp3) is 0.417. The van der Waals surface area contributed by atoms with E-state index in [-0.39, 0.29) is 17.6 Å². The van der Waals surface area contributed by atoms with Crippen molar-refractivity contribution in [1.29, 1.82) is 0 Å². The van der Waals surface area contributed by atoms with Gasteiger partial charge in [0.1, 0.15) is 5.75 Å². The fourth-order valence-corrected chi connectivity index (χ4v) is 3.74. The summed E-state index contributed by atoms with van der Waals surface area (Å²) >= 11 is 0. The summed E-state index contributed by atoms with van der Waals surface area (Å²) in [6.45, 7) is 4.70. The molecule has 0 radical (unpaired) electrons. The quantitative estimate of drug-likeness (QED) is 0.736. The molecule has 0 aliphatic carbocycles. The average Bonchev–Trinajstić information content (AvgIpc) is 3.04. The number of hydrogen-bond donors (Lipinski definition) is 1. The number of carbonyl (C=O) groups excluding carboxylic acids is 2. The summed E-state index contributed by atoms with van der Waals surface area (Å²) in [5.74, 6) is 1.40. The Labute approximate surface area is 183 Å². The SMILES string of the molecule is CCOc1ccc(CCC(=O)N2CCCN(C(=O)c3cccc(O)c3)CC2)cc1OC. The molecule has 1 aliphatic rings. The van der Waals surface area contributed by atoms with Gasteiger partial charge < -0.3 is 24.4 Å². The minimum absolute atomic E-state index is 0.0726. The third kappa shape index (κ3) is 5.90. The van der Waals surface area contributed by atoms with Gasteiger partial charge in [-0.3, -0.25) is 9.59 Å². The van der Waals surface area contributed by atoms with Crippen LogP contribution >= 0.6 is 0 Å². The van der Waals surface area contributed by atoms with Crippen LogP contribution in [0, 0.1) is 0 Å². The van der Waals surface area contributed by atoms with Crippen molar-refractivity contribution in [2.24, 2.45) is 0 Å². The van der Waals surface area contributed by atoms with Gasteiger partial charge in [-0.05, 0) is 55.7 Å². The van der Waals surface area contributed by atoms with Gasteiger partial charge in [0, 0.05) is 38.2 Å². The van der Waals surface area contributed by atoms with Crippen molar-refractivity contribution in [2.45, 2.75) is 26.2 Å². The Hall–Kier alpha value is -3.22. The van der Waals surface area contributed by atoms with Crippen molar-refractivity contribution in [1.82, 2.24) is 9.80 Å². The molecule has 0 saturated carbocycles. The van der Waals surface area contributed by atoms with Gasteiger partial charge in [-0.25, -0.2) is 0 Å². The molecule has 166 valence electrons. The molecule has 2 aromatic carbocycles. The number of hydrogen-bond acceptors (Lipinski definition) is 5. The van der Waals surface area contributed by atoms with Crippen LogP contribution < -0.4 is 9.47 Å². The van der Waals surface area contributed by atoms with E-state index in [0.717, 1.165) is 12.0 Å². The lowest BCUT2D eigenvalue weighted by molar-refractivity contribution is -0.131. The van der Waals surface area contributed by atoms with E-state index in [1.165, 1.54) is 6.07 Å². The zero-order valence-corrected chi connectivity index (χ0v) is 18.2. The van der Waals surface area contributed by atoms with Gasteiger partial charge in [0.25, 0.3) is 5.91 Å². The summed E-state index contributed by atoms with van der Waals surface area (Å²) in [6, 6.07) is 12.1. The van der Waals surface area contributed by atoms with E-state index in [1.54, 1.807) is 30.2 Å². The first kappa shape index (κ1) is 22.5. The summed E-state index contributed by atoms with van der Waals surface area (Å²) < 4.78 is 10.9. The molecular formula is C24H30N2O5. The molecule has 1 saturated heterocycles. The molecule has 0 unspecified atom stereocenters. The number of aryl methyl sites for hydroxylation is 1. The van der Waals surface area contributed by atoms with Crippen LogP contribution in [0.1, 0.15) is 35.7 Å². The molecule has 0 atom stereocenters. The zero-order chi connectivity index (χ0) is 22.2. The minimum atomic E-state index is -0.119. The molecule has 3 rings (SSSR count). The van der Waals surface area contributed by atoms with Crippen molar-refractivity contribution in [3.05, 3.63) is 53.6 Å². The number of benzene rings is 2. The van der Waals surface area contributed by atoms with E-state index in [4.69, 9.17) is 9.47 Å². The highest BCUT2D eigenvalue weighted by Gasteiger charge is 2.23. The Kier molecular flexibility index (Phi) is 7.76. The Morgan fingerprint density at radius 3 is 2.52 bits per heavy atom. The van der Waals surface area contributed by atoms with Gasteiger partial charge in [-0.2, -0.15) is 0 Å². The monoisotopic (exact) mass is 426 g/mol. The summed E-state index contributed by atoms with van der Waals surface area (Å²) in [6.07, 6.45) is 1.74. The molecule has 2 aromatic rings. The third-order valence-electron chi connectivity index (χ3n) is 5.38. The molecule has 1 heterocycles. The van der Waals surface area contributed by atoms with Crippen LogP contribution in [-0.4, -0.2) is 66.6 Å². The molecule has 0 aromatic heterocycles. The van der Waals surface area contributed by atoms with Crippen molar-refractivity contribution in [3.63, 3.8) is 0 Å². The number of amides is 2. The molecule has 7 nitrogen and oxygen atoms in total. The number of aromatic hydroxyl groups is 1. The maximum Gasteiger partial charge on any atom is 0.254 e. The lowest BCUT2D eigenvalue weighted by Gasteiger charge is -2.22. The van der Waals surface area contributed by atoms with E-state index >= 15 is 0 Å². The molecule has 31 heavy (non-hydrogen) atoms. The first-order valence-electron chi connectivity index (χ1n) is 10.7. The minimum Gasteiger partial charge on any atom is -0.508 e. The van der Waals surface area contributed by atoms with E-state index in [9.17, 15) is 14.7 Å². The smallest absolute Gasteiger partial charge is 0.254 e. The lowest BCUT2D eigenvalue weighted by Crippen LogP contribution is -2.37. The second-order valence-electron chi connectivity index (χ2n) is 7.50. The van der Waals surface area contributed by atoms with E-state index < -0.39 is 0 Å². The van der Waals surface area contributed by atoms with Crippen LogP contribution in [0.5, 0.6) is 17.2 Å². The van der Waals surface area contributed by atoms with Gasteiger partial charge in [-0.15, -0.1) is 0 Å². The number of phenols is 1. The second kappa shape index (κ2) is 10.7. The van der Waals surface area contributed by atoms with Crippen LogP contribution in [0.25, 0.3) is 0 Å². The number of methoxy groups -OCH3 is 1. The van der Waals surface area contributed by atoms with Crippen LogP contribution in [0.4, 0.5) is 0 Å². The Morgan fingerprint density at radius 2 is 1.77 bits per heavy atom. The van der Waals surface area contributed by atoms with E-state index in [2.05, 4.69) is 0 Å². The standard InChI is InChI=1S/C24H30N2O5/c1-3-31-21-10-8-18(16-22(21)30-2)9-11-23(28)25-12-5-13-26(15-14-25)24(29)19-6-4-7-20(27)17-19/h4,6-8,10,16-17,27H,3,5,9,11-15H2,1-2H3. The van der Waals surface area contributed by atoms with Crippen molar-refractivity contribution >= 4 is 11.8 Å². The van der Waals surface area contributed by atoms with E-state index in [1.807, 2.05) is 30.0 Å². The first-order chi connectivity index (χ1) is 15.0. The maximum absolute atomic E-state index is 12.8. The Balaban J connectivity index is 1.54. The van der Waals surface area contributed by atoms with Gasteiger partial charge in [0.2, 0.25) is 5.91 Å². The highest BCUT2D eigenvalue weighted by Crippen LogP contribution is 2.28. The molecule has 0 bridgehead atoms. The summed E-state index contributed by atoms with van der Waals surface area (Å²) in [7, 11) is 1.61. The molecule has 1 N–H and O–H groups in total. The molecule has 2 amide bonds. The lowest BCUT2D eigenvalue weighted by atomic mass is 10.1. The highest BCUT2D eigenvalue weighted by molar-refractivity contribution is 5.94. The number of carbonyl (C=O) groups is 2. The highest BCUT2D eigenvalue weighted by atomic mass is 16.5. The average molecular weight is 427 g/mol. The van der Waals surface area contributed by atoms with Crippen LogP contribution in [-0.2, 0) is 11.2 Å². The fourth-order valence-electron chi connectivity index (χ4n) is 3.74. The molecule has 1 aliphatic heterocycles. The van der Waals surface area contributed by atoms with Crippen molar-refractivity contribution in [3.8, 4) is 17.2 Å². The van der Waals surface area contributed by atoms with Gasteiger partial charge in [-0.1, -0.05) is 12.1 Å². The summed E-state index contributed by atoms with van der Waals surface area (Å²) in [4.78, 5) is 29.1. The number of phenolic OH excluding ortho intramolecular Hbond substituents is 1. The maximum atomic E-state index is 12.8. The molecule has 7 heteroatoms. The second-order valence-corrected chi connectivity index (χ2v) is 7.50. The summed E-state index contributed by atoms with van der Waals surface area (Å²) in [5, 5.41) is 9.62. The molecule has 1 fully saturated rings. The molecule has 0 spiro atoms. The van der Waals surface area contributed by atoms with E-state index in [0.29, 0.717) is 62.7 Å². The number of ether oxygens (including phenoxy) is 2. The topological polar surface area (TPSA) is 79.3 Å². The van der Waals surface area contributed by atoms with Crippen molar-refractivity contribution in [2.75, 3.05) is 39.9 Å². The van der Waals surface area contributed by atoms with Crippen LogP contribution in [0.15, 0.2) is 42.5 Å². The van der Waals surface area contributed by atoms with Crippen LogP contribution in [0.2, 0.25) is 0 Å². The predicted molar refractivity (Wildman–Crippen MR) is 118 cm³/mol. The summed E-state index contributed by atoms with van der Waals surface area (Å²) in [5.41, 5.74) is 1.48. The van der Waals surface area contributed by atoms with Gasteiger partial charge >= 0.3 is 0 Å². The first-order valence-corrected chi connectivity index (χ1v) is 10.7. The van der Waals surface area contributed by atoms with Gasteiger partial charge in [0.05, 0.1) is 13.7 Å². The Bertz CT molecular complexity index is 915. The molecular weight excluding hydrogens is 396 g/mol. The third-order valence-corrected chi connectivity index (χ3v) is 5.38. The largest absolute Gasteiger partial charge is 0.508 e. The van der Waals surface area contributed by atoms with Gasteiger partial charge in [0.15, 0.2) is 11.5 Å². The predicted octanol–water partition coefficient (Wildman–Crippen LogP) is 3.11. The zero-order valence-electron chi connectivity index (χ0n) is 18.2. The van der Waals surface area contributed by atoms with Crippen LogP contribution in [0.3, 0.4) is 0 Å². The number of rotatable bonds is 7. The Morgan fingerprint density at radius 1 is 1.00 bits per heavy atom. The normalized spacial score (nSPS) is 14.1. The number of nitrogens with zero attached hydrogens (tertiary/aromatic N) is 2. The van der Waals surface area contributed by atoms with Crippen molar-refractivity contribution < 1.29 is 24.2 Å².